The van der Waals surface area contributed by atoms with E-state index in [1.165, 1.54) is 36.3 Å². The number of nitrogens with zero attached hydrogens (tertiary/aromatic N) is 6. The molecule has 11 heteroatoms. The third-order valence-corrected chi connectivity index (χ3v) is 3.77. The molecule has 0 aliphatic heterocycles. The van der Waals surface area contributed by atoms with Crippen molar-refractivity contribution in [2.45, 2.75) is 0 Å². The number of hydrogen-bond acceptors (Lipinski definition) is 8. The summed E-state index contributed by atoms with van der Waals surface area (Å²) in [5, 5.41) is 25.9. The highest BCUT2D eigenvalue weighted by molar-refractivity contribution is 6.13. The Hall–Kier alpha value is -4.41. The number of aromatic nitrogens is 2. The number of pyridine rings is 2. The van der Waals surface area contributed by atoms with E-state index < -0.39 is 9.85 Å². The van der Waals surface area contributed by atoms with Crippen molar-refractivity contribution in [1.29, 1.82) is 0 Å². The fraction of sp³-hybridized carbons (Fsp3) is 0.0556. The summed E-state index contributed by atoms with van der Waals surface area (Å²) in [5.41, 5.74) is 0.278. The second kappa shape index (κ2) is 8.52. The summed E-state index contributed by atoms with van der Waals surface area (Å²) in [6, 6.07) is 14.4. The van der Waals surface area contributed by atoms with Gasteiger partial charge in [-0.3, -0.25) is 25.1 Å². The Morgan fingerprint density at radius 1 is 0.897 bits per heavy atom. The highest BCUT2D eigenvalue weighted by Crippen LogP contribution is 2.27. The van der Waals surface area contributed by atoms with Gasteiger partial charge < -0.3 is 4.84 Å². The second-order valence-electron chi connectivity index (χ2n) is 5.56. The van der Waals surface area contributed by atoms with Gasteiger partial charge in [-0.15, -0.1) is 0 Å². The van der Waals surface area contributed by atoms with Crippen LogP contribution in [0, 0.1) is 20.2 Å². The number of hydrogen-bond donors (Lipinski definition) is 0. The zero-order valence-electron chi connectivity index (χ0n) is 15.1. The van der Waals surface area contributed by atoms with Crippen LogP contribution in [0.4, 0.5) is 23.0 Å². The molecule has 0 aliphatic carbocycles. The van der Waals surface area contributed by atoms with E-state index in [9.17, 15) is 20.2 Å². The maximum absolute atomic E-state index is 10.9. The summed E-state index contributed by atoms with van der Waals surface area (Å²) in [7, 11) is 1.37. The number of benzene rings is 1. The maximum Gasteiger partial charge on any atom is 0.287 e. The number of nitro groups is 2. The van der Waals surface area contributed by atoms with E-state index in [0.717, 1.165) is 12.4 Å². The molecule has 0 radical (unpaired) electrons. The van der Waals surface area contributed by atoms with Gasteiger partial charge in [0.1, 0.15) is 31.1 Å². The molecule has 3 aromatic rings. The Bertz CT molecular complexity index is 981. The molecule has 0 aliphatic rings. The van der Waals surface area contributed by atoms with Crippen LogP contribution in [0.5, 0.6) is 0 Å². The van der Waals surface area contributed by atoms with Gasteiger partial charge in [0.2, 0.25) is 0 Å². The molecule has 0 saturated carbocycles. The van der Waals surface area contributed by atoms with E-state index in [1.54, 1.807) is 24.3 Å². The molecule has 2 heterocycles. The molecule has 29 heavy (non-hydrogen) atoms. The number of rotatable bonds is 6. The summed E-state index contributed by atoms with van der Waals surface area (Å²) < 4.78 is 0. The standard InChI is InChI=1S/C18H14N6O5/c1-29-21-18(13-5-3-2-4-6-13)22(16-9-7-14(11-19-16)23(25)26)17-10-8-15(12-20-17)24(27)28/h2-12H,1H3/b21-18-. The van der Waals surface area contributed by atoms with Crippen LogP contribution in [0.15, 0.2) is 72.1 Å². The van der Waals surface area contributed by atoms with Crippen molar-refractivity contribution in [1.82, 2.24) is 9.97 Å². The first kappa shape index (κ1) is 19.4. The van der Waals surface area contributed by atoms with E-state index in [-0.39, 0.29) is 28.8 Å². The minimum absolute atomic E-state index is 0.185. The van der Waals surface area contributed by atoms with Gasteiger partial charge in [-0.2, -0.15) is 0 Å². The Morgan fingerprint density at radius 2 is 1.41 bits per heavy atom. The van der Waals surface area contributed by atoms with Gasteiger partial charge in [0.15, 0.2) is 5.84 Å². The molecule has 0 fully saturated rings. The highest BCUT2D eigenvalue weighted by Gasteiger charge is 2.23. The van der Waals surface area contributed by atoms with Crippen molar-refractivity contribution in [3.63, 3.8) is 0 Å². The van der Waals surface area contributed by atoms with Crippen molar-refractivity contribution >= 4 is 28.8 Å². The normalized spacial score (nSPS) is 11.0. The van der Waals surface area contributed by atoms with Crippen LogP contribution >= 0.6 is 0 Å². The van der Waals surface area contributed by atoms with Crippen LogP contribution < -0.4 is 4.90 Å². The topological polar surface area (TPSA) is 137 Å². The minimum Gasteiger partial charge on any atom is -0.397 e. The van der Waals surface area contributed by atoms with Crippen LogP contribution in [-0.2, 0) is 4.84 Å². The molecule has 0 amide bonds. The van der Waals surface area contributed by atoms with E-state index >= 15 is 0 Å². The molecule has 0 bridgehead atoms. The largest absolute Gasteiger partial charge is 0.397 e. The molecule has 2 aromatic heterocycles. The minimum atomic E-state index is -0.563. The highest BCUT2D eigenvalue weighted by atomic mass is 16.6. The molecule has 0 saturated heterocycles. The number of anilines is 2. The van der Waals surface area contributed by atoms with Crippen molar-refractivity contribution in [3.8, 4) is 0 Å². The smallest absolute Gasteiger partial charge is 0.287 e. The Kier molecular flexibility index (Phi) is 5.69. The molecular formula is C18H14N6O5. The average molecular weight is 394 g/mol. The summed E-state index contributed by atoms with van der Waals surface area (Å²) >= 11 is 0. The Labute approximate surface area is 164 Å². The molecule has 0 atom stereocenters. The first-order chi connectivity index (χ1) is 14.0. The van der Waals surface area contributed by atoms with E-state index in [2.05, 4.69) is 15.1 Å². The van der Waals surface area contributed by atoms with Crippen molar-refractivity contribution in [2.24, 2.45) is 5.16 Å². The lowest BCUT2D eigenvalue weighted by Crippen LogP contribution is -2.29. The third kappa shape index (κ3) is 4.30. The van der Waals surface area contributed by atoms with Crippen molar-refractivity contribution in [3.05, 3.63) is 92.8 Å². The van der Waals surface area contributed by atoms with Gasteiger partial charge in [0.25, 0.3) is 11.4 Å². The summed E-state index contributed by atoms with van der Waals surface area (Å²) in [4.78, 5) is 35.5. The molecular weight excluding hydrogens is 380 g/mol. The van der Waals surface area contributed by atoms with Gasteiger partial charge in [0, 0.05) is 17.7 Å². The zero-order chi connectivity index (χ0) is 20.8. The molecule has 1 aromatic carbocycles. The van der Waals surface area contributed by atoms with Gasteiger partial charge >= 0.3 is 0 Å². The molecule has 0 spiro atoms. The van der Waals surface area contributed by atoms with Crippen LogP contribution in [0.1, 0.15) is 5.56 Å². The molecule has 146 valence electrons. The summed E-state index contributed by atoms with van der Waals surface area (Å²) in [6.45, 7) is 0. The van der Waals surface area contributed by atoms with Gasteiger partial charge in [-0.05, 0) is 12.1 Å². The van der Waals surface area contributed by atoms with Gasteiger partial charge in [-0.25, -0.2) is 9.97 Å². The fourth-order valence-corrected chi connectivity index (χ4v) is 2.47. The van der Waals surface area contributed by atoms with E-state index in [4.69, 9.17) is 4.84 Å². The van der Waals surface area contributed by atoms with Crippen LogP contribution in [0.25, 0.3) is 0 Å². The monoisotopic (exact) mass is 394 g/mol. The fourth-order valence-electron chi connectivity index (χ4n) is 2.47. The van der Waals surface area contributed by atoms with Crippen LogP contribution in [0.2, 0.25) is 0 Å². The van der Waals surface area contributed by atoms with E-state index in [1.807, 2.05) is 6.07 Å². The quantitative estimate of drug-likeness (QED) is 0.268. The lowest BCUT2D eigenvalue weighted by atomic mass is 10.2. The molecule has 0 unspecified atom stereocenters. The zero-order valence-corrected chi connectivity index (χ0v) is 15.1. The van der Waals surface area contributed by atoms with Crippen LogP contribution in [0.3, 0.4) is 0 Å². The second-order valence-corrected chi connectivity index (χ2v) is 5.56. The first-order valence-electron chi connectivity index (χ1n) is 8.19. The molecule has 11 nitrogen and oxygen atoms in total. The third-order valence-electron chi connectivity index (χ3n) is 3.77. The van der Waals surface area contributed by atoms with E-state index in [0.29, 0.717) is 5.56 Å². The van der Waals surface area contributed by atoms with Crippen LogP contribution in [-0.4, -0.2) is 32.8 Å². The first-order valence-corrected chi connectivity index (χ1v) is 8.19. The van der Waals surface area contributed by atoms with Crippen molar-refractivity contribution < 1.29 is 14.7 Å². The number of amidine groups is 1. The van der Waals surface area contributed by atoms with Gasteiger partial charge in [0.05, 0.1) is 9.85 Å². The van der Waals surface area contributed by atoms with Gasteiger partial charge in [-0.1, -0.05) is 35.5 Å². The Balaban J connectivity index is 2.15. The lowest BCUT2D eigenvalue weighted by molar-refractivity contribution is -0.385. The molecule has 0 N–H and O–H groups in total. The number of oxime groups is 1. The average Bonchev–Trinajstić information content (AvgIpc) is 2.74. The lowest BCUT2D eigenvalue weighted by Gasteiger charge is -2.23. The predicted octanol–water partition coefficient (Wildman–Crippen LogP) is 3.44. The summed E-state index contributed by atoms with van der Waals surface area (Å²) in [6.07, 6.45) is 2.20. The maximum atomic E-state index is 10.9. The predicted molar refractivity (Wildman–Crippen MR) is 104 cm³/mol. The summed E-state index contributed by atoms with van der Waals surface area (Å²) in [5.74, 6) is 0.809. The molecule has 3 rings (SSSR count). The van der Waals surface area contributed by atoms with Crippen molar-refractivity contribution in [2.75, 3.05) is 12.0 Å². The Morgan fingerprint density at radius 3 is 1.79 bits per heavy atom. The SMILES string of the molecule is CO/N=C(/c1ccccc1)N(c1ccc([N+](=O)[O-])cn1)c1ccc([N+](=O)[O-])cn1.